The molecular weight excluding hydrogens is 340 g/mol. The van der Waals surface area contributed by atoms with Crippen molar-refractivity contribution in [1.82, 2.24) is 5.43 Å². The number of benzene rings is 2. The number of nitrogens with one attached hydrogen (secondary N) is 1. The number of carbonyl (C=O) groups excluding carboxylic acids is 1. The summed E-state index contributed by atoms with van der Waals surface area (Å²) in [6, 6.07) is 15.2. The number of hydrogen-bond donors (Lipinski definition) is 1. The van der Waals surface area contributed by atoms with Crippen molar-refractivity contribution in [2.24, 2.45) is 5.10 Å². The molecule has 0 fully saturated rings. The molecule has 0 saturated carbocycles. The van der Waals surface area contributed by atoms with E-state index in [9.17, 15) is 4.79 Å². The van der Waals surface area contributed by atoms with Crippen LogP contribution in [0.2, 0.25) is 0 Å². The molecule has 0 radical (unpaired) electrons. The highest BCUT2D eigenvalue weighted by atomic mass is 16.5. The van der Waals surface area contributed by atoms with E-state index in [1.54, 1.807) is 13.3 Å². The van der Waals surface area contributed by atoms with Crippen LogP contribution in [-0.4, -0.2) is 25.8 Å². The van der Waals surface area contributed by atoms with Gasteiger partial charge in [0.1, 0.15) is 0 Å². The Morgan fingerprint density at radius 2 is 1.89 bits per heavy atom. The van der Waals surface area contributed by atoms with Crippen LogP contribution in [0.25, 0.3) is 0 Å². The van der Waals surface area contributed by atoms with Crippen LogP contribution in [0.4, 0.5) is 0 Å². The van der Waals surface area contributed by atoms with Gasteiger partial charge in [-0.2, -0.15) is 5.10 Å². The Morgan fingerprint density at radius 3 is 2.63 bits per heavy atom. The van der Waals surface area contributed by atoms with E-state index in [1.165, 1.54) is 19.3 Å². The highest BCUT2D eigenvalue weighted by Crippen LogP contribution is 2.27. The van der Waals surface area contributed by atoms with Gasteiger partial charge in [-0.15, -0.1) is 0 Å². The molecule has 144 valence electrons. The largest absolute Gasteiger partial charge is 0.493 e. The second kappa shape index (κ2) is 11.7. The maximum Gasteiger partial charge on any atom is 0.244 e. The molecule has 0 unspecified atom stereocenters. The zero-order valence-electron chi connectivity index (χ0n) is 16.1. The molecule has 2 aromatic rings. The van der Waals surface area contributed by atoms with Crippen LogP contribution in [0, 0.1) is 0 Å². The number of unbranched alkanes of at least 4 members (excludes halogenated alkanes) is 3. The summed E-state index contributed by atoms with van der Waals surface area (Å²) in [5.41, 5.74) is 4.32. The third kappa shape index (κ3) is 7.52. The Morgan fingerprint density at radius 1 is 1.07 bits per heavy atom. The van der Waals surface area contributed by atoms with Crippen LogP contribution in [0.5, 0.6) is 11.5 Å². The van der Waals surface area contributed by atoms with Crippen LogP contribution in [0.15, 0.2) is 53.6 Å². The predicted molar refractivity (Wildman–Crippen MR) is 109 cm³/mol. The van der Waals surface area contributed by atoms with Gasteiger partial charge in [-0.1, -0.05) is 56.5 Å². The molecule has 0 saturated heterocycles. The van der Waals surface area contributed by atoms with E-state index in [1.807, 2.05) is 48.5 Å². The fraction of sp³-hybridized carbons (Fsp3) is 0.364. The Balaban J connectivity index is 1.85. The summed E-state index contributed by atoms with van der Waals surface area (Å²) in [4.78, 5) is 11.9. The van der Waals surface area contributed by atoms with Crippen molar-refractivity contribution in [3.05, 3.63) is 59.7 Å². The minimum Gasteiger partial charge on any atom is -0.493 e. The van der Waals surface area contributed by atoms with Gasteiger partial charge in [0.15, 0.2) is 11.5 Å². The lowest BCUT2D eigenvalue weighted by Crippen LogP contribution is -2.19. The third-order valence-electron chi connectivity index (χ3n) is 4.05. The van der Waals surface area contributed by atoms with Gasteiger partial charge < -0.3 is 9.47 Å². The van der Waals surface area contributed by atoms with Crippen LogP contribution >= 0.6 is 0 Å². The molecule has 0 aromatic heterocycles. The molecule has 0 atom stereocenters. The predicted octanol–water partition coefficient (Wildman–Crippen LogP) is 4.35. The summed E-state index contributed by atoms with van der Waals surface area (Å²) in [6.45, 7) is 2.87. The highest BCUT2D eigenvalue weighted by Gasteiger charge is 2.05. The maximum atomic E-state index is 11.9. The second-order valence-electron chi connectivity index (χ2n) is 6.27. The fourth-order valence-corrected chi connectivity index (χ4v) is 2.59. The molecule has 0 bridgehead atoms. The van der Waals surface area contributed by atoms with Crippen molar-refractivity contribution in [2.45, 2.75) is 39.0 Å². The normalized spacial score (nSPS) is 10.7. The topological polar surface area (TPSA) is 59.9 Å². The van der Waals surface area contributed by atoms with E-state index in [-0.39, 0.29) is 5.91 Å². The lowest BCUT2D eigenvalue weighted by atomic mass is 10.1. The van der Waals surface area contributed by atoms with Gasteiger partial charge in [-0.05, 0) is 35.7 Å². The standard InChI is InChI=1S/C22H28N2O3/c1-3-4-5-9-14-27-20-13-12-19(15-21(20)26-2)17-23-24-22(25)16-18-10-7-6-8-11-18/h6-8,10-13,15,17H,3-5,9,14,16H2,1-2H3,(H,24,25)/b23-17+. The number of hydrogen-bond acceptors (Lipinski definition) is 4. The van der Waals surface area contributed by atoms with E-state index < -0.39 is 0 Å². The number of nitrogens with zero attached hydrogens (tertiary/aromatic N) is 1. The van der Waals surface area contributed by atoms with Crippen molar-refractivity contribution >= 4 is 12.1 Å². The summed E-state index contributed by atoms with van der Waals surface area (Å²) >= 11 is 0. The van der Waals surface area contributed by atoms with Crippen LogP contribution in [0.3, 0.4) is 0 Å². The van der Waals surface area contributed by atoms with Gasteiger partial charge in [0.05, 0.1) is 26.4 Å². The lowest BCUT2D eigenvalue weighted by Gasteiger charge is -2.11. The monoisotopic (exact) mass is 368 g/mol. The molecule has 2 aromatic carbocycles. The smallest absolute Gasteiger partial charge is 0.244 e. The van der Waals surface area contributed by atoms with E-state index in [2.05, 4.69) is 17.5 Å². The Kier molecular flexibility index (Phi) is 8.90. The zero-order chi connectivity index (χ0) is 19.3. The van der Waals surface area contributed by atoms with Crippen molar-refractivity contribution in [2.75, 3.05) is 13.7 Å². The molecule has 0 aliphatic heterocycles. The number of methoxy groups -OCH3 is 1. The molecule has 0 aliphatic rings. The average molecular weight is 368 g/mol. The summed E-state index contributed by atoms with van der Waals surface area (Å²) in [5.74, 6) is 1.22. The minimum atomic E-state index is -0.156. The van der Waals surface area contributed by atoms with Crippen molar-refractivity contribution in [3.8, 4) is 11.5 Å². The number of carbonyl (C=O) groups is 1. The third-order valence-corrected chi connectivity index (χ3v) is 4.05. The number of amides is 1. The van der Waals surface area contributed by atoms with Crippen LogP contribution < -0.4 is 14.9 Å². The van der Waals surface area contributed by atoms with Crippen molar-refractivity contribution < 1.29 is 14.3 Å². The quantitative estimate of drug-likeness (QED) is 0.364. The SMILES string of the molecule is CCCCCCOc1ccc(/C=N/NC(=O)Cc2ccccc2)cc1OC. The molecular formula is C22H28N2O3. The molecule has 1 N–H and O–H groups in total. The molecule has 0 spiro atoms. The molecule has 27 heavy (non-hydrogen) atoms. The molecule has 0 aliphatic carbocycles. The maximum absolute atomic E-state index is 11.9. The molecule has 1 amide bonds. The highest BCUT2D eigenvalue weighted by molar-refractivity contribution is 5.84. The summed E-state index contributed by atoms with van der Waals surface area (Å²) in [6.07, 6.45) is 6.54. The number of rotatable bonds is 11. The van der Waals surface area contributed by atoms with E-state index >= 15 is 0 Å². The van der Waals surface area contributed by atoms with Gasteiger partial charge in [-0.25, -0.2) is 5.43 Å². The molecule has 0 heterocycles. The van der Waals surface area contributed by atoms with E-state index in [0.717, 1.165) is 23.3 Å². The van der Waals surface area contributed by atoms with Gasteiger partial charge in [0.2, 0.25) is 5.91 Å². The van der Waals surface area contributed by atoms with Gasteiger partial charge in [0.25, 0.3) is 0 Å². The van der Waals surface area contributed by atoms with E-state index in [0.29, 0.717) is 18.8 Å². The second-order valence-corrected chi connectivity index (χ2v) is 6.27. The summed E-state index contributed by atoms with van der Waals surface area (Å²) in [7, 11) is 1.61. The fourth-order valence-electron chi connectivity index (χ4n) is 2.59. The first kappa shape index (κ1) is 20.5. The Hall–Kier alpha value is -2.82. The lowest BCUT2D eigenvalue weighted by molar-refractivity contribution is -0.120. The first-order valence-electron chi connectivity index (χ1n) is 9.39. The van der Waals surface area contributed by atoms with Crippen LogP contribution in [-0.2, 0) is 11.2 Å². The summed E-state index contributed by atoms with van der Waals surface area (Å²) in [5, 5.41) is 4.02. The van der Waals surface area contributed by atoms with Crippen LogP contribution in [0.1, 0.15) is 43.7 Å². The number of hydrazone groups is 1. The van der Waals surface area contributed by atoms with Gasteiger partial charge in [-0.3, -0.25) is 4.79 Å². The van der Waals surface area contributed by atoms with Gasteiger partial charge >= 0.3 is 0 Å². The van der Waals surface area contributed by atoms with Crippen molar-refractivity contribution in [3.63, 3.8) is 0 Å². The van der Waals surface area contributed by atoms with E-state index in [4.69, 9.17) is 9.47 Å². The molecule has 5 nitrogen and oxygen atoms in total. The molecule has 2 rings (SSSR count). The first-order chi connectivity index (χ1) is 13.2. The summed E-state index contributed by atoms with van der Waals surface area (Å²) < 4.78 is 11.2. The Labute approximate surface area is 161 Å². The first-order valence-corrected chi connectivity index (χ1v) is 9.39. The zero-order valence-corrected chi connectivity index (χ0v) is 16.1. The minimum absolute atomic E-state index is 0.156. The van der Waals surface area contributed by atoms with Crippen molar-refractivity contribution in [1.29, 1.82) is 0 Å². The van der Waals surface area contributed by atoms with Gasteiger partial charge in [0, 0.05) is 0 Å². The molecule has 5 heteroatoms. The average Bonchev–Trinajstić information content (AvgIpc) is 2.69. The Bertz CT molecular complexity index is 730. The number of ether oxygens (including phenoxy) is 2.